The van der Waals surface area contributed by atoms with Crippen LogP contribution in [0.4, 0.5) is 18.9 Å². The van der Waals surface area contributed by atoms with Crippen molar-refractivity contribution < 1.29 is 46.5 Å². The van der Waals surface area contributed by atoms with Gasteiger partial charge in [0.15, 0.2) is 6.79 Å². The van der Waals surface area contributed by atoms with E-state index >= 15 is 0 Å². The van der Waals surface area contributed by atoms with E-state index in [0.29, 0.717) is 17.6 Å². The largest absolute Gasteiger partial charge is 0.435 e. The fourth-order valence-electron chi connectivity index (χ4n) is 5.05. The van der Waals surface area contributed by atoms with Crippen LogP contribution in [0.3, 0.4) is 0 Å². The lowest BCUT2D eigenvalue weighted by atomic mass is 9.69. The molecule has 0 saturated carbocycles. The molecule has 194 valence electrons. The molecule has 0 N–H and O–H groups in total. The van der Waals surface area contributed by atoms with Crippen LogP contribution in [0, 0.1) is 23.2 Å². The second-order valence-corrected chi connectivity index (χ2v) is 8.71. The predicted octanol–water partition coefficient (Wildman–Crippen LogP) is 2.97. The van der Waals surface area contributed by atoms with Gasteiger partial charge in [0.25, 0.3) is 0 Å². The fraction of sp³-hybridized carbons (Fsp3) is 0.500. The number of fused-ring (bicyclic) bond motifs is 5. The SMILES string of the molecule is C.COCCOCOC(=O)C1=CC2(C)OC1(C)C1C(=O)N(c3ccc(C#N)c(C(F)(F)F)c3)C(=O)C12. The number of hydrogen-bond donors (Lipinski definition) is 0. The van der Waals surface area contributed by atoms with Crippen LogP contribution in [-0.4, -0.2) is 56.1 Å². The number of nitriles is 1. The summed E-state index contributed by atoms with van der Waals surface area (Å²) in [5.74, 6) is -4.58. The van der Waals surface area contributed by atoms with Crippen molar-refractivity contribution in [1.82, 2.24) is 0 Å². The summed E-state index contributed by atoms with van der Waals surface area (Å²) in [5.41, 5.74) is -5.08. The highest BCUT2D eigenvalue weighted by atomic mass is 19.4. The van der Waals surface area contributed by atoms with Crippen LogP contribution in [-0.2, 0) is 39.5 Å². The highest BCUT2D eigenvalue weighted by molar-refractivity contribution is 6.24. The van der Waals surface area contributed by atoms with Crippen molar-refractivity contribution in [2.45, 2.75) is 38.7 Å². The number of methoxy groups -OCH3 is 1. The van der Waals surface area contributed by atoms with Crippen molar-refractivity contribution >= 4 is 23.5 Å². The van der Waals surface area contributed by atoms with E-state index in [1.54, 1.807) is 0 Å². The number of nitrogens with zero attached hydrogens (tertiary/aromatic N) is 2. The number of rotatable bonds is 7. The molecule has 0 aliphatic carbocycles. The summed E-state index contributed by atoms with van der Waals surface area (Å²) in [7, 11) is 1.48. The van der Waals surface area contributed by atoms with Gasteiger partial charge in [-0.15, -0.1) is 0 Å². The molecule has 3 aliphatic heterocycles. The number of hydrogen-bond acceptors (Lipinski definition) is 8. The summed E-state index contributed by atoms with van der Waals surface area (Å²) >= 11 is 0. The first-order valence-electron chi connectivity index (χ1n) is 10.6. The van der Waals surface area contributed by atoms with Crippen molar-refractivity contribution in [3.63, 3.8) is 0 Å². The van der Waals surface area contributed by atoms with Crippen molar-refractivity contribution in [2.75, 3.05) is 32.0 Å². The Labute approximate surface area is 205 Å². The van der Waals surface area contributed by atoms with Gasteiger partial charge in [0.1, 0.15) is 5.60 Å². The Balaban J connectivity index is 0.00000361. The molecular weight excluding hydrogens is 485 g/mol. The zero-order valence-electron chi connectivity index (χ0n) is 19.0. The van der Waals surface area contributed by atoms with Crippen molar-refractivity contribution in [3.8, 4) is 6.07 Å². The molecule has 2 bridgehead atoms. The van der Waals surface area contributed by atoms with E-state index in [9.17, 15) is 27.6 Å². The van der Waals surface area contributed by atoms with E-state index in [4.69, 9.17) is 24.2 Å². The molecular formula is C24H25F3N2O7. The van der Waals surface area contributed by atoms with Crippen LogP contribution in [0.2, 0.25) is 0 Å². The number of alkyl halides is 3. The molecule has 4 unspecified atom stereocenters. The lowest BCUT2D eigenvalue weighted by molar-refractivity contribution is -0.155. The molecule has 3 heterocycles. The zero-order chi connectivity index (χ0) is 25.8. The Kier molecular flexibility index (Phi) is 7.07. The molecule has 2 fully saturated rings. The van der Waals surface area contributed by atoms with Crippen LogP contribution in [0.25, 0.3) is 0 Å². The number of carbonyl (C=O) groups is 3. The summed E-state index contributed by atoms with van der Waals surface area (Å²) in [6, 6.07) is 4.08. The number of imide groups is 1. The van der Waals surface area contributed by atoms with Crippen LogP contribution in [0.5, 0.6) is 0 Å². The van der Waals surface area contributed by atoms with E-state index < -0.39 is 58.1 Å². The number of amides is 2. The quantitative estimate of drug-likeness (QED) is 0.238. The van der Waals surface area contributed by atoms with Gasteiger partial charge in [-0.1, -0.05) is 7.43 Å². The molecule has 4 rings (SSSR count). The first-order chi connectivity index (χ1) is 16.4. The number of carbonyl (C=O) groups excluding carboxylic acids is 3. The van der Waals surface area contributed by atoms with E-state index in [1.165, 1.54) is 33.1 Å². The van der Waals surface area contributed by atoms with Gasteiger partial charge in [-0.2, -0.15) is 18.4 Å². The first-order valence-corrected chi connectivity index (χ1v) is 10.6. The van der Waals surface area contributed by atoms with E-state index in [2.05, 4.69) is 0 Å². The Morgan fingerprint density at radius 1 is 1.19 bits per heavy atom. The summed E-state index contributed by atoms with van der Waals surface area (Å²) in [5, 5.41) is 9.02. The summed E-state index contributed by atoms with van der Waals surface area (Å²) in [4.78, 5) is 40.1. The molecule has 9 nitrogen and oxygen atoms in total. The molecule has 0 radical (unpaired) electrons. The van der Waals surface area contributed by atoms with E-state index in [0.717, 1.165) is 12.1 Å². The highest BCUT2D eigenvalue weighted by Gasteiger charge is 2.74. The van der Waals surface area contributed by atoms with Crippen molar-refractivity contribution in [3.05, 3.63) is 41.0 Å². The third-order valence-corrected chi connectivity index (χ3v) is 6.53. The Hall–Kier alpha value is -3.27. The van der Waals surface area contributed by atoms with Gasteiger partial charge in [0.2, 0.25) is 11.8 Å². The monoisotopic (exact) mass is 510 g/mol. The number of esters is 1. The minimum atomic E-state index is -4.87. The van der Waals surface area contributed by atoms with Gasteiger partial charge in [-0.05, 0) is 38.1 Å². The molecule has 12 heteroatoms. The maximum Gasteiger partial charge on any atom is 0.417 e. The molecule has 4 atom stereocenters. The minimum Gasteiger partial charge on any atom is -0.435 e. The Morgan fingerprint density at radius 3 is 2.47 bits per heavy atom. The average Bonchev–Trinajstić information content (AvgIpc) is 3.33. The average molecular weight is 510 g/mol. The normalized spacial score (nSPS) is 28.5. The lowest BCUT2D eigenvalue weighted by Crippen LogP contribution is -2.43. The van der Waals surface area contributed by atoms with Crippen molar-refractivity contribution in [1.29, 1.82) is 5.26 Å². The third-order valence-electron chi connectivity index (χ3n) is 6.53. The summed E-state index contributed by atoms with van der Waals surface area (Å²) < 4.78 is 61.4. The second kappa shape index (κ2) is 9.31. The minimum absolute atomic E-state index is 0. The Morgan fingerprint density at radius 2 is 1.86 bits per heavy atom. The van der Waals surface area contributed by atoms with Gasteiger partial charge in [0, 0.05) is 7.11 Å². The number of anilines is 1. The van der Waals surface area contributed by atoms with E-state index in [1.807, 2.05) is 0 Å². The molecule has 1 aromatic rings. The van der Waals surface area contributed by atoms with Gasteiger partial charge in [-0.25, -0.2) is 9.69 Å². The predicted molar refractivity (Wildman–Crippen MR) is 117 cm³/mol. The number of benzene rings is 1. The number of halogens is 3. The third kappa shape index (κ3) is 4.07. The van der Waals surface area contributed by atoms with Gasteiger partial charge >= 0.3 is 12.1 Å². The maximum absolute atomic E-state index is 13.5. The fourth-order valence-corrected chi connectivity index (χ4v) is 5.05. The first kappa shape index (κ1) is 27.3. The molecule has 0 aromatic heterocycles. The van der Waals surface area contributed by atoms with Gasteiger partial charge in [0.05, 0.1) is 59.1 Å². The maximum atomic E-state index is 13.5. The summed E-state index contributed by atoms with van der Waals surface area (Å²) in [6.45, 7) is 3.10. The molecule has 36 heavy (non-hydrogen) atoms. The smallest absolute Gasteiger partial charge is 0.417 e. The van der Waals surface area contributed by atoms with E-state index in [-0.39, 0.29) is 32.1 Å². The van der Waals surface area contributed by atoms with Gasteiger partial charge < -0.3 is 18.9 Å². The standard InChI is InChI=1S/C23H21F3N2O7.CH4/c1-21-9-15(20(31)34-11-33-7-6-32-3)22(2,35-21)17-16(21)18(29)28(19(17)30)13-5-4-12(10-27)14(8-13)23(24,25)26;/h4-5,8-9,16-17H,6-7,11H2,1-3H3;1H4. The Bertz CT molecular complexity index is 1180. The van der Waals surface area contributed by atoms with Crippen LogP contribution < -0.4 is 4.90 Å². The van der Waals surface area contributed by atoms with Crippen LogP contribution in [0.1, 0.15) is 32.4 Å². The summed E-state index contributed by atoms with van der Waals surface area (Å²) in [6.07, 6.45) is -3.45. The topological polar surface area (TPSA) is 115 Å². The van der Waals surface area contributed by atoms with Crippen LogP contribution in [0.15, 0.2) is 29.8 Å². The zero-order valence-corrected chi connectivity index (χ0v) is 19.0. The van der Waals surface area contributed by atoms with Crippen LogP contribution >= 0.6 is 0 Å². The highest BCUT2D eigenvalue weighted by Crippen LogP contribution is 2.60. The molecule has 3 aliphatic rings. The van der Waals surface area contributed by atoms with Crippen molar-refractivity contribution in [2.24, 2.45) is 11.8 Å². The second-order valence-electron chi connectivity index (χ2n) is 8.71. The molecule has 2 saturated heterocycles. The lowest BCUT2D eigenvalue weighted by Gasteiger charge is -2.28. The molecule has 1 aromatic carbocycles. The van der Waals surface area contributed by atoms with Gasteiger partial charge in [-0.3, -0.25) is 9.59 Å². The number of ether oxygens (including phenoxy) is 4. The molecule has 2 amide bonds. The molecule has 0 spiro atoms.